The maximum atomic E-state index is 10.1. The van der Waals surface area contributed by atoms with Crippen LogP contribution < -0.4 is 0 Å². The first-order valence-corrected chi connectivity index (χ1v) is 8.70. The molecule has 0 saturated carbocycles. The van der Waals surface area contributed by atoms with Crippen molar-refractivity contribution >= 4 is 8.32 Å². The molecule has 0 spiro atoms. The van der Waals surface area contributed by atoms with Crippen molar-refractivity contribution in [3.63, 3.8) is 0 Å². The average Bonchev–Trinajstić information content (AvgIpc) is 2.10. The molecule has 2 nitrogen and oxygen atoms in total. The summed E-state index contributed by atoms with van der Waals surface area (Å²) in [5.74, 6) is 0. The number of rotatable bonds is 6. The molecule has 0 aliphatic heterocycles. The Labute approximate surface area is 95.2 Å². The van der Waals surface area contributed by atoms with Crippen LogP contribution in [0.4, 0.5) is 0 Å². The Morgan fingerprint density at radius 1 is 1.33 bits per heavy atom. The first-order chi connectivity index (χ1) is 6.74. The van der Waals surface area contributed by atoms with Gasteiger partial charge in [-0.25, -0.2) is 0 Å². The van der Waals surface area contributed by atoms with E-state index in [4.69, 9.17) is 5.11 Å². The van der Waals surface area contributed by atoms with E-state index in [1.54, 1.807) is 0 Å². The largest absolute Gasteiger partial charge is 0.432 e. The summed E-state index contributed by atoms with van der Waals surface area (Å²) in [5.41, 5.74) is 1.30. The van der Waals surface area contributed by atoms with E-state index in [1.165, 1.54) is 5.57 Å². The summed E-state index contributed by atoms with van der Waals surface area (Å²) in [7, 11) is -2.08. The van der Waals surface area contributed by atoms with Crippen LogP contribution >= 0.6 is 0 Å². The molecule has 0 aromatic heterocycles. The van der Waals surface area contributed by atoms with Gasteiger partial charge in [0, 0.05) is 0 Å². The zero-order chi connectivity index (χ0) is 12.1. The van der Waals surface area contributed by atoms with Crippen molar-refractivity contribution in [1.82, 2.24) is 0 Å². The Balaban J connectivity index is 4.31. The summed E-state index contributed by atoms with van der Waals surface area (Å²) in [6.45, 7) is 10.5. The highest BCUT2D eigenvalue weighted by molar-refractivity contribution is 6.72. The van der Waals surface area contributed by atoms with E-state index < -0.39 is 8.32 Å². The minimum absolute atomic E-state index is 0.0384. The van der Waals surface area contributed by atoms with E-state index in [-0.39, 0.29) is 11.6 Å². The van der Waals surface area contributed by atoms with Crippen LogP contribution in [-0.4, -0.2) is 24.8 Å². The van der Waals surface area contributed by atoms with Crippen LogP contribution in [0.5, 0.6) is 0 Å². The van der Waals surface area contributed by atoms with Crippen LogP contribution in [0.3, 0.4) is 0 Å². The SMILES string of the molecule is CC/C(=C\CO)CCC(C)(C)[Si](C)(C)O. The second-order valence-electron chi connectivity index (χ2n) is 5.34. The lowest BCUT2D eigenvalue weighted by Crippen LogP contribution is -2.38. The van der Waals surface area contributed by atoms with Crippen LogP contribution in [-0.2, 0) is 0 Å². The van der Waals surface area contributed by atoms with Crippen molar-refractivity contribution in [3.05, 3.63) is 11.6 Å². The Bertz CT molecular complexity index is 214. The molecule has 0 aromatic rings. The van der Waals surface area contributed by atoms with Crippen molar-refractivity contribution in [2.24, 2.45) is 0 Å². The van der Waals surface area contributed by atoms with Crippen molar-refractivity contribution in [2.45, 2.75) is 58.2 Å². The number of aliphatic hydroxyl groups excluding tert-OH is 1. The van der Waals surface area contributed by atoms with E-state index in [1.807, 2.05) is 19.2 Å². The third-order valence-corrected chi connectivity index (χ3v) is 7.12. The van der Waals surface area contributed by atoms with Gasteiger partial charge in [-0.05, 0) is 37.4 Å². The van der Waals surface area contributed by atoms with Crippen LogP contribution in [0.25, 0.3) is 0 Å². The fraction of sp³-hybridized carbons (Fsp3) is 0.833. The molecular formula is C12H26O2Si. The highest BCUT2D eigenvalue weighted by Gasteiger charge is 2.37. The van der Waals surface area contributed by atoms with Gasteiger partial charge < -0.3 is 9.90 Å². The lowest BCUT2D eigenvalue weighted by molar-refractivity contribution is 0.340. The van der Waals surface area contributed by atoms with Gasteiger partial charge in [-0.15, -0.1) is 0 Å². The highest BCUT2D eigenvalue weighted by atomic mass is 28.4. The number of hydrogen-bond acceptors (Lipinski definition) is 2. The van der Waals surface area contributed by atoms with Crippen LogP contribution in [0, 0.1) is 0 Å². The number of allylic oxidation sites excluding steroid dienone is 1. The van der Waals surface area contributed by atoms with Gasteiger partial charge in [0.2, 0.25) is 0 Å². The summed E-state index contributed by atoms with van der Waals surface area (Å²) < 4.78 is 0. The molecule has 0 saturated heterocycles. The van der Waals surface area contributed by atoms with E-state index in [0.717, 1.165) is 19.3 Å². The fourth-order valence-corrected chi connectivity index (χ4v) is 2.07. The van der Waals surface area contributed by atoms with Crippen molar-refractivity contribution < 1.29 is 9.90 Å². The second kappa shape index (κ2) is 5.82. The van der Waals surface area contributed by atoms with Gasteiger partial charge in [0.1, 0.15) is 0 Å². The first-order valence-electron chi connectivity index (χ1n) is 5.75. The molecule has 0 rings (SSSR count). The maximum absolute atomic E-state index is 10.1. The van der Waals surface area contributed by atoms with Crippen LogP contribution in [0.2, 0.25) is 18.1 Å². The van der Waals surface area contributed by atoms with Crippen molar-refractivity contribution in [1.29, 1.82) is 0 Å². The van der Waals surface area contributed by atoms with E-state index in [9.17, 15) is 4.80 Å². The zero-order valence-electron chi connectivity index (χ0n) is 10.8. The lowest BCUT2D eigenvalue weighted by Gasteiger charge is -2.35. The first kappa shape index (κ1) is 14.9. The molecule has 2 N–H and O–H groups in total. The topological polar surface area (TPSA) is 40.5 Å². The number of hydrogen-bond donors (Lipinski definition) is 2. The highest BCUT2D eigenvalue weighted by Crippen LogP contribution is 2.40. The molecular weight excluding hydrogens is 204 g/mol. The van der Waals surface area contributed by atoms with Gasteiger partial charge in [-0.1, -0.05) is 32.4 Å². The normalized spacial score (nSPS) is 14.5. The van der Waals surface area contributed by atoms with E-state index in [2.05, 4.69) is 20.8 Å². The Kier molecular flexibility index (Phi) is 5.78. The van der Waals surface area contributed by atoms with Crippen LogP contribution in [0.15, 0.2) is 11.6 Å². The molecule has 0 amide bonds. The maximum Gasteiger partial charge on any atom is 0.188 e. The summed E-state index contributed by atoms with van der Waals surface area (Å²) in [4.78, 5) is 10.1. The van der Waals surface area contributed by atoms with E-state index in [0.29, 0.717) is 0 Å². The average molecular weight is 230 g/mol. The minimum Gasteiger partial charge on any atom is -0.432 e. The minimum atomic E-state index is -2.08. The molecule has 0 aliphatic carbocycles. The summed E-state index contributed by atoms with van der Waals surface area (Å²) in [6, 6.07) is 0. The predicted octanol–water partition coefficient (Wildman–Crippen LogP) is 3.07. The molecule has 15 heavy (non-hydrogen) atoms. The molecule has 0 atom stereocenters. The smallest absolute Gasteiger partial charge is 0.188 e. The zero-order valence-corrected chi connectivity index (χ0v) is 11.8. The molecule has 0 fully saturated rings. The molecule has 0 aromatic carbocycles. The standard InChI is InChI=1S/C12H26O2Si/c1-6-11(8-10-13)7-9-12(2,3)15(4,5)14/h8,13-14H,6-7,9-10H2,1-5H3/b11-8+. The predicted molar refractivity (Wildman–Crippen MR) is 68.4 cm³/mol. The summed E-state index contributed by atoms with van der Waals surface area (Å²) >= 11 is 0. The third kappa shape index (κ3) is 4.95. The Hall–Kier alpha value is -0.123. The molecule has 0 bridgehead atoms. The molecule has 0 unspecified atom stereocenters. The van der Waals surface area contributed by atoms with Gasteiger partial charge in [0.25, 0.3) is 0 Å². The van der Waals surface area contributed by atoms with Gasteiger partial charge >= 0.3 is 0 Å². The summed E-state index contributed by atoms with van der Waals surface area (Å²) in [6.07, 6.45) is 4.87. The quantitative estimate of drug-likeness (QED) is 0.544. The van der Waals surface area contributed by atoms with Crippen LogP contribution in [0.1, 0.15) is 40.0 Å². The third-order valence-electron chi connectivity index (χ3n) is 3.56. The van der Waals surface area contributed by atoms with E-state index >= 15 is 0 Å². The fourth-order valence-electron chi connectivity index (χ4n) is 1.33. The second-order valence-corrected chi connectivity index (χ2v) is 9.81. The number of aliphatic hydroxyl groups is 1. The van der Waals surface area contributed by atoms with Gasteiger partial charge in [-0.2, -0.15) is 0 Å². The van der Waals surface area contributed by atoms with Gasteiger partial charge in [0.15, 0.2) is 8.32 Å². The lowest BCUT2D eigenvalue weighted by atomic mass is 10.00. The molecule has 90 valence electrons. The van der Waals surface area contributed by atoms with Crippen molar-refractivity contribution in [3.8, 4) is 0 Å². The molecule has 0 heterocycles. The Morgan fingerprint density at radius 2 is 1.87 bits per heavy atom. The molecule has 0 radical (unpaired) electrons. The van der Waals surface area contributed by atoms with Crippen molar-refractivity contribution in [2.75, 3.05) is 6.61 Å². The summed E-state index contributed by atoms with van der Waals surface area (Å²) in [5, 5.41) is 8.88. The monoisotopic (exact) mass is 230 g/mol. The molecule has 0 aliphatic rings. The van der Waals surface area contributed by atoms with Gasteiger partial charge in [-0.3, -0.25) is 0 Å². The van der Waals surface area contributed by atoms with Gasteiger partial charge in [0.05, 0.1) is 6.61 Å². The Morgan fingerprint density at radius 3 is 2.20 bits per heavy atom. The molecule has 3 heteroatoms.